The Hall–Kier alpha value is -1.59. The summed E-state index contributed by atoms with van der Waals surface area (Å²) in [5, 5.41) is 2.92. The standard InChI is InChI=1S/C20H31N3O2.ClH/c1-14(21)17-7-5-6-12-23(17)19(25)16-10-8-15(9-11-16)18(24)22-13-20(2,3)4;/h8-11,14,17H,5-7,12-13,21H2,1-4H3,(H,22,24);1H. The number of likely N-dealkylation sites (tertiary alicyclic amines) is 1. The second kappa shape index (κ2) is 9.38. The van der Waals surface area contributed by atoms with Crippen molar-refractivity contribution < 1.29 is 9.59 Å². The zero-order valence-electron chi connectivity index (χ0n) is 16.2. The van der Waals surface area contributed by atoms with Gasteiger partial charge in [-0.3, -0.25) is 9.59 Å². The number of hydrogen-bond acceptors (Lipinski definition) is 3. The molecule has 146 valence electrons. The van der Waals surface area contributed by atoms with Gasteiger partial charge in [0.05, 0.1) is 0 Å². The van der Waals surface area contributed by atoms with Gasteiger partial charge in [0.15, 0.2) is 0 Å². The Kier molecular flexibility index (Phi) is 8.10. The minimum absolute atomic E-state index is 0. The predicted molar refractivity (Wildman–Crippen MR) is 108 cm³/mol. The third kappa shape index (κ3) is 5.99. The van der Waals surface area contributed by atoms with Crippen molar-refractivity contribution in [3.8, 4) is 0 Å². The van der Waals surface area contributed by atoms with E-state index in [9.17, 15) is 9.59 Å². The number of benzene rings is 1. The Bertz CT molecular complexity index is 608. The third-order valence-electron chi connectivity index (χ3n) is 4.59. The fraction of sp³-hybridized carbons (Fsp3) is 0.600. The molecule has 1 aliphatic heterocycles. The van der Waals surface area contributed by atoms with Gasteiger partial charge in [-0.05, 0) is 55.9 Å². The molecule has 1 saturated heterocycles. The molecule has 2 atom stereocenters. The molecule has 0 saturated carbocycles. The zero-order valence-corrected chi connectivity index (χ0v) is 17.1. The summed E-state index contributed by atoms with van der Waals surface area (Å²) in [5.74, 6) is -0.107. The molecular weight excluding hydrogens is 350 g/mol. The van der Waals surface area contributed by atoms with Crippen molar-refractivity contribution in [3.05, 3.63) is 35.4 Å². The first kappa shape index (κ1) is 22.5. The highest BCUT2D eigenvalue weighted by atomic mass is 35.5. The van der Waals surface area contributed by atoms with E-state index in [-0.39, 0.29) is 41.7 Å². The Balaban J connectivity index is 0.00000338. The Morgan fingerprint density at radius 3 is 2.31 bits per heavy atom. The summed E-state index contributed by atoms with van der Waals surface area (Å²) in [6, 6.07) is 6.97. The van der Waals surface area contributed by atoms with Gasteiger partial charge in [0, 0.05) is 36.3 Å². The Morgan fingerprint density at radius 2 is 1.77 bits per heavy atom. The summed E-state index contributed by atoms with van der Waals surface area (Å²) in [7, 11) is 0. The van der Waals surface area contributed by atoms with Gasteiger partial charge in [0.25, 0.3) is 11.8 Å². The maximum atomic E-state index is 12.8. The molecule has 3 N–H and O–H groups in total. The lowest BCUT2D eigenvalue weighted by molar-refractivity contribution is 0.0583. The molecule has 1 aromatic rings. The molecule has 0 aromatic heterocycles. The zero-order chi connectivity index (χ0) is 18.6. The maximum Gasteiger partial charge on any atom is 0.254 e. The number of carbonyl (C=O) groups is 2. The van der Waals surface area contributed by atoms with Crippen LogP contribution in [0.3, 0.4) is 0 Å². The second-order valence-electron chi connectivity index (χ2n) is 8.24. The van der Waals surface area contributed by atoms with E-state index in [1.165, 1.54) is 0 Å². The fourth-order valence-electron chi connectivity index (χ4n) is 3.13. The normalized spacial score (nSPS) is 18.7. The number of nitrogens with one attached hydrogen (secondary N) is 1. The molecule has 6 heteroatoms. The quantitative estimate of drug-likeness (QED) is 0.840. The molecule has 1 aromatic carbocycles. The number of amides is 2. The van der Waals surface area contributed by atoms with Gasteiger partial charge in [-0.1, -0.05) is 20.8 Å². The predicted octanol–water partition coefficient (Wildman–Crippen LogP) is 3.23. The highest BCUT2D eigenvalue weighted by Crippen LogP contribution is 2.21. The van der Waals surface area contributed by atoms with Gasteiger partial charge in [-0.25, -0.2) is 0 Å². The number of piperidine rings is 1. The average molecular weight is 382 g/mol. The maximum absolute atomic E-state index is 12.8. The molecule has 26 heavy (non-hydrogen) atoms. The molecule has 2 rings (SSSR count). The van der Waals surface area contributed by atoms with E-state index in [0.717, 1.165) is 25.8 Å². The summed E-state index contributed by atoms with van der Waals surface area (Å²) >= 11 is 0. The van der Waals surface area contributed by atoms with Gasteiger partial charge in [0.2, 0.25) is 0 Å². The summed E-state index contributed by atoms with van der Waals surface area (Å²) < 4.78 is 0. The summed E-state index contributed by atoms with van der Waals surface area (Å²) in [6.07, 6.45) is 3.09. The largest absolute Gasteiger partial charge is 0.352 e. The topological polar surface area (TPSA) is 75.4 Å². The molecule has 0 bridgehead atoms. The number of carbonyl (C=O) groups excluding carboxylic acids is 2. The van der Waals surface area contributed by atoms with Crippen molar-refractivity contribution in [2.75, 3.05) is 13.1 Å². The van der Waals surface area contributed by atoms with Crippen LogP contribution in [0.15, 0.2) is 24.3 Å². The molecule has 0 radical (unpaired) electrons. The third-order valence-corrected chi connectivity index (χ3v) is 4.59. The van der Waals surface area contributed by atoms with Crippen LogP contribution < -0.4 is 11.1 Å². The Labute approximate surface area is 163 Å². The summed E-state index contributed by atoms with van der Waals surface area (Å²) in [6.45, 7) is 9.53. The molecule has 5 nitrogen and oxygen atoms in total. The van der Waals surface area contributed by atoms with Gasteiger partial charge in [-0.2, -0.15) is 0 Å². The van der Waals surface area contributed by atoms with E-state index >= 15 is 0 Å². The average Bonchev–Trinajstić information content (AvgIpc) is 2.58. The van der Waals surface area contributed by atoms with Gasteiger partial charge in [0.1, 0.15) is 0 Å². The monoisotopic (exact) mass is 381 g/mol. The lowest BCUT2D eigenvalue weighted by Gasteiger charge is -2.38. The molecule has 0 aliphatic carbocycles. The van der Waals surface area contributed by atoms with E-state index in [0.29, 0.717) is 17.7 Å². The van der Waals surface area contributed by atoms with Crippen LogP contribution in [-0.2, 0) is 0 Å². The molecule has 1 fully saturated rings. The smallest absolute Gasteiger partial charge is 0.254 e. The van der Waals surface area contributed by atoms with E-state index in [4.69, 9.17) is 5.73 Å². The van der Waals surface area contributed by atoms with Crippen molar-refractivity contribution in [2.45, 2.75) is 59.0 Å². The van der Waals surface area contributed by atoms with Crippen molar-refractivity contribution in [1.29, 1.82) is 0 Å². The summed E-state index contributed by atoms with van der Waals surface area (Å²) in [5.41, 5.74) is 7.28. The summed E-state index contributed by atoms with van der Waals surface area (Å²) in [4.78, 5) is 26.9. The van der Waals surface area contributed by atoms with Crippen LogP contribution in [0.5, 0.6) is 0 Å². The van der Waals surface area contributed by atoms with Crippen LogP contribution in [-0.4, -0.2) is 41.9 Å². The van der Waals surface area contributed by atoms with Crippen LogP contribution in [0.4, 0.5) is 0 Å². The lowest BCUT2D eigenvalue weighted by atomic mass is 9.95. The molecule has 1 aliphatic rings. The molecule has 2 amide bonds. The van der Waals surface area contributed by atoms with Crippen LogP contribution in [0.2, 0.25) is 0 Å². The first-order chi connectivity index (χ1) is 11.7. The van der Waals surface area contributed by atoms with E-state index in [1.807, 2.05) is 11.8 Å². The highest BCUT2D eigenvalue weighted by molar-refractivity contribution is 5.98. The SMILES string of the molecule is CC(N)C1CCCCN1C(=O)c1ccc(C(=O)NCC(C)(C)C)cc1.Cl. The van der Waals surface area contributed by atoms with Crippen molar-refractivity contribution in [3.63, 3.8) is 0 Å². The van der Waals surface area contributed by atoms with Gasteiger partial charge >= 0.3 is 0 Å². The lowest BCUT2D eigenvalue weighted by Crippen LogP contribution is -2.51. The molecule has 2 unspecified atom stereocenters. The molecule has 0 spiro atoms. The van der Waals surface area contributed by atoms with E-state index in [2.05, 4.69) is 26.1 Å². The van der Waals surface area contributed by atoms with Crippen molar-refractivity contribution in [1.82, 2.24) is 10.2 Å². The number of nitrogens with two attached hydrogens (primary N) is 1. The number of halogens is 1. The van der Waals surface area contributed by atoms with Crippen LogP contribution >= 0.6 is 12.4 Å². The minimum Gasteiger partial charge on any atom is -0.352 e. The molecule has 1 heterocycles. The van der Waals surface area contributed by atoms with E-state index in [1.54, 1.807) is 24.3 Å². The van der Waals surface area contributed by atoms with Crippen molar-refractivity contribution in [2.24, 2.45) is 11.1 Å². The van der Waals surface area contributed by atoms with Crippen molar-refractivity contribution >= 4 is 24.2 Å². The van der Waals surface area contributed by atoms with Crippen LogP contribution in [0.1, 0.15) is 67.7 Å². The number of nitrogens with zero attached hydrogens (tertiary/aromatic N) is 1. The van der Waals surface area contributed by atoms with Crippen LogP contribution in [0.25, 0.3) is 0 Å². The first-order valence-corrected chi connectivity index (χ1v) is 9.14. The number of rotatable bonds is 4. The second-order valence-corrected chi connectivity index (χ2v) is 8.24. The van der Waals surface area contributed by atoms with Gasteiger partial charge in [-0.15, -0.1) is 12.4 Å². The van der Waals surface area contributed by atoms with Gasteiger partial charge < -0.3 is 16.0 Å². The van der Waals surface area contributed by atoms with Crippen LogP contribution in [0, 0.1) is 5.41 Å². The highest BCUT2D eigenvalue weighted by Gasteiger charge is 2.29. The first-order valence-electron chi connectivity index (χ1n) is 9.14. The number of hydrogen-bond donors (Lipinski definition) is 2. The van der Waals surface area contributed by atoms with E-state index < -0.39 is 0 Å². The fourth-order valence-corrected chi connectivity index (χ4v) is 3.13. The Morgan fingerprint density at radius 1 is 1.19 bits per heavy atom. The molecular formula is C20H32ClN3O2. The minimum atomic E-state index is -0.111.